The number of hydrogen-bond acceptors (Lipinski definition) is 1. The molecule has 1 nitrogen and oxygen atoms in total. The third kappa shape index (κ3) is 7.86. The fourth-order valence-corrected chi connectivity index (χ4v) is 1.20. The van der Waals surface area contributed by atoms with Crippen molar-refractivity contribution in [3.63, 3.8) is 0 Å². The zero-order valence-corrected chi connectivity index (χ0v) is 8.14. The maximum absolute atomic E-state index is 8.59. The van der Waals surface area contributed by atoms with Crippen LogP contribution in [0.3, 0.4) is 0 Å². The first-order chi connectivity index (χ1) is 5.16. The fourth-order valence-electron chi connectivity index (χ4n) is 1.20. The van der Waals surface area contributed by atoms with Crippen molar-refractivity contribution in [3.8, 4) is 0 Å². The van der Waals surface area contributed by atoms with Crippen molar-refractivity contribution in [2.24, 2.45) is 11.8 Å². The Hall–Kier alpha value is -0.0400. The summed E-state index contributed by atoms with van der Waals surface area (Å²) in [4.78, 5) is 0. The van der Waals surface area contributed by atoms with Crippen molar-refractivity contribution in [1.82, 2.24) is 0 Å². The molecule has 0 bridgehead atoms. The van der Waals surface area contributed by atoms with E-state index in [4.69, 9.17) is 5.11 Å². The highest BCUT2D eigenvalue weighted by Gasteiger charge is 2.02. The van der Waals surface area contributed by atoms with E-state index < -0.39 is 0 Å². The smallest absolute Gasteiger partial charge is 0.0431 e. The lowest BCUT2D eigenvalue weighted by atomic mass is 9.96. The second-order valence-electron chi connectivity index (χ2n) is 3.94. The molecule has 0 aliphatic heterocycles. The van der Waals surface area contributed by atoms with Crippen molar-refractivity contribution in [3.05, 3.63) is 0 Å². The maximum Gasteiger partial charge on any atom is 0.0431 e. The monoisotopic (exact) mass is 158 g/mol. The minimum Gasteiger partial charge on any atom is -0.396 e. The summed E-state index contributed by atoms with van der Waals surface area (Å²) in [5.74, 6) is 1.62. The largest absolute Gasteiger partial charge is 0.396 e. The molecule has 0 fully saturated rings. The third-order valence-corrected chi connectivity index (χ3v) is 2.09. The highest BCUT2D eigenvalue weighted by atomic mass is 16.2. The molecular weight excluding hydrogens is 136 g/mol. The number of aliphatic hydroxyl groups is 1. The SMILES string of the molecule is CC(C)CC[C@H](C)CCCO. The molecule has 0 radical (unpaired) electrons. The molecule has 0 aliphatic rings. The average Bonchev–Trinajstić information content (AvgIpc) is 1.97. The van der Waals surface area contributed by atoms with Gasteiger partial charge in [0.2, 0.25) is 0 Å². The van der Waals surface area contributed by atoms with Crippen molar-refractivity contribution in [1.29, 1.82) is 0 Å². The number of rotatable bonds is 6. The minimum absolute atomic E-state index is 0.353. The van der Waals surface area contributed by atoms with E-state index in [1.165, 1.54) is 19.3 Å². The van der Waals surface area contributed by atoms with Crippen molar-refractivity contribution in [2.45, 2.75) is 46.5 Å². The molecule has 11 heavy (non-hydrogen) atoms. The van der Waals surface area contributed by atoms with Crippen LogP contribution in [0.2, 0.25) is 0 Å². The van der Waals surface area contributed by atoms with Crippen LogP contribution in [-0.4, -0.2) is 11.7 Å². The Bertz CT molecular complexity index is 78.9. The summed E-state index contributed by atoms with van der Waals surface area (Å²) in [5.41, 5.74) is 0. The standard InChI is InChI=1S/C10H22O/c1-9(2)6-7-10(3)5-4-8-11/h9-11H,4-8H2,1-3H3/t10-/m1/s1. The average molecular weight is 158 g/mol. The minimum atomic E-state index is 0.353. The Kier molecular flexibility index (Phi) is 6.63. The zero-order valence-electron chi connectivity index (χ0n) is 8.14. The van der Waals surface area contributed by atoms with Crippen LogP contribution >= 0.6 is 0 Å². The Morgan fingerprint density at radius 2 is 1.64 bits per heavy atom. The van der Waals surface area contributed by atoms with Gasteiger partial charge in [0, 0.05) is 6.61 Å². The first kappa shape index (κ1) is 11.0. The Morgan fingerprint density at radius 3 is 2.09 bits per heavy atom. The second kappa shape index (κ2) is 6.66. The molecule has 1 N–H and O–H groups in total. The highest BCUT2D eigenvalue weighted by Crippen LogP contribution is 2.15. The predicted octanol–water partition coefficient (Wildman–Crippen LogP) is 2.83. The van der Waals surface area contributed by atoms with Gasteiger partial charge in [-0.05, 0) is 24.7 Å². The van der Waals surface area contributed by atoms with Crippen LogP contribution in [0.25, 0.3) is 0 Å². The van der Waals surface area contributed by atoms with Crippen LogP contribution in [0, 0.1) is 11.8 Å². The van der Waals surface area contributed by atoms with Crippen LogP contribution in [0.4, 0.5) is 0 Å². The van der Waals surface area contributed by atoms with Crippen LogP contribution < -0.4 is 0 Å². The lowest BCUT2D eigenvalue weighted by Gasteiger charge is -2.11. The topological polar surface area (TPSA) is 20.2 Å². The Morgan fingerprint density at radius 1 is 1.00 bits per heavy atom. The van der Waals surface area contributed by atoms with Gasteiger partial charge < -0.3 is 5.11 Å². The van der Waals surface area contributed by atoms with Gasteiger partial charge in [-0.2, -0.15) is 0 Å². The van der Waals surface area contributed by atoms with E-state index in [1.807, 2.05) is 0 Å². The van der Waals surface area contributed by atoms with E-state index >= 15 is 0 Å². The van der Waals surface area contributed by atoms with Crippen molar-refractivity contribution < 1.29 is 5.11 Å². The molecule has 0 spiro atoms. The van der Waals surface area contributed by atoms with Crippen LogP contribution in [0.15, 0.2) is 0 Å². The summed E-state index contributed by atoms with van der Waals surface area (Å²) in [7, 11) is 0. The quantitative estimate of drug-likeness (QED) is 0.630. The van der Waals surface area contributed by atoms with Gasteiger partial charge >= 0.3 is 0 Å². The van der Waals surface area contributed by atoms with Gasteiger partial charge in [0.25, 0.3) is 0 Å². The lowest BCUT2D eigenvalue weighted by Crippen LogP contribution is -1.99. The van der Waals surface area contributed by atoms with Gasteiger partial charge in [-0.15, -0.1) is 0 Å². The van der Waals surface area contributed by atoms with E-state index in [9.17, 15) is 0 Å². The number of hydrogen-bond donors (Lipinski definition) is 1. The summed E-state index contributed by atoms with van der Waals surface area (Å²) < 4.78 is 0. The van der Waals surface area contributed by atoms with Crippen LogP contribution in [-0.2, 0) is 0 Å². The van der Waals surface area contributed by atoms with E-state index in [0.717, 1.165) is 18.3 Å². The fraction of sp³-hybridized carbons (Fsp3) is 1.00. The summed E-state index contributed by atoms with van der Waals surface area (Å²) in [6.45, 7) is 7.15. The molecule has 1 heteroatoms. The van der Waals surface area contributed by atoms with E-state index in [-0.39, 0.29) is 0 Å². The van der Waals surface area contributed by atoms with Crippen molar-refractivity contribution in [2.75, 3.05) is 6.61 Å². The molecule has 0 amide bonds. The van der Waals surface area contributed by atoms with Gasteiger partial charge in [0.15, 0.2) is 0 Å². The molecule has 0 aromatic heterocycles. The van der Waals surface area contributed by atoms with Gasteiger partial charge in [-0.1, -0.05) is 33.6 Å². The molecule has 0 heterocycles. The van der Waals surface area contributed by atoms with Crippen LogP contribution in [0.1, 0.15) is 46.5 Å². The van der Waals surface area contributed by atoms with E-state index in [2.05, 4.69) is 20.8 Å². The predicted molar refractivity (Wildman–Crippen MR) is 49.6 cm³/mol. The Labute approximate surface area is 70.8 Å². The first-order valence-electron chi connectivity index (χ1n) is 4.77. The lowest BCUT2D eigenvalue weighted by molar-refractivity contribution is 0.269. The second-order valence-corrected chi connectivity index (χ2v) is 3.94. The number of aliphatic hydroxyl groups excluding tert-OH is 1. The molecule has 0 rings (SSSR count). The van der Waals surface area contributed by atoms with Gasteiger partial charge in [0.05, 0.1) is 0 Å². The van der Waals surface area contributed by atoms with E-state index in [1.54, 1.807) is 0 Å². The first-order valence-corrected chi connectivity index (χ1v) is 4.77. The summed E-state index contributed by atoms with van der Waals surface area (Å²) >= 11 is 0. The summed E-state index contributed by atoms with van der Waals surface area (Å²) in [5, 5.41) is 8.59. The maximum atomic E-state index is 8.59. The van der Waals surface area contributed by atoms with Gasteiger partial charge in [-0.3, -0.25) is 0 Å². The molecule has 0 aromatic rings. The molecule has 68 valence electrons. The zero-order chi connectivity index (χ0) is 8.69. The third-order valence-electron chi connectivity index (χ3n) is 2.09. The Balaban J connectivity index is 3.15. The summed E-state index contributed by atoms with van der Waals surface area (Å²) in [6.07, 6.45) is 4.80. The van der Waals surface area contributed by atoms with Gasteiger partial charge in [-0.25, -0.2) is 0 Å². The normalized spacial score (nSPS) is 13.9. The molecule has 0 aromatic carbocycles. The van der Waals surface area contributed by atoms with E-state index in [0.29, 0.717) is 6.61 Å². The molecule has 0 saturated carbocycles. The summed E-state index contributed by atoms with van der Waals surface area (Å²) in [6, 6.07) is 0. The highest BCUT2D eigenvalue weighted by molar-refractivity contribution is 4.55. The van der Waals surface area contributed by atoms with Crippen LogP contribution in [0.5, 0.6) is 0 Å². The molecule has 0 aliphatic carbocycles. The van der Waals surface area contributed by atoms with Gasteiger partial charge in [0.1, 0.15) is 0 Å². The molecule has 0 unspecified atom stereocenters. The van der Waals surface area contributed by atoms with Crippen molar-refractivity contribution >= 4 is 0 Å². The molecule has 0 saturated heterocycles. The molecule has 1 atom stereocenters. The molecular formula is C10H22O.